The Balaban J connectivity index is 2.10. The fourth-order valence-electron chi connectivity index (χ4n) is 2.28. The van der Waals surface area contributed by atoms with Crippen molar-refractivity contribution in [2.45, 2.75) is 6.54 Å². The average Bonchev–Trinajstić information content (AvgIpc) is 2.77. The Morgan fingerprint density at radius 3 is 2.76 bits per heavy atom. The number of halogens is 2. The van der Waals surface area contributed by atoms with Gasteiger partial charge in [0.25, 0.3) is 0 Å². The number of nitrogens with zero attached hydrogens (tertiary/aromatic N) is 2. The highest BCUT2D eigenvalue weighted by Crippen LogP contribution is 2.21. The zero-order valence-electron chi connectivity index (χ0n) is 10.8. The smallest absolute Gasteiger partial charge is 0.357 e. The Hall–Kier alpha value is -2.21. The van der Waals surface area contributed by atoms with Crippen LogP contribution < -0.4 is 0 Å². The van der Waals surface area contributed by atoms with Gasteiger partial charge >= 0.3 is 5.97 Å². The van der Waals surface area contributed by atoms with Gasteiger partial charge in [0.15, 0.2) is 5.69 Å². The molecule has 2 aromatic carbocycles. The van der Waals surface area contributed by atoms with Crippen LogP contribution in [0, 0.1) is 5.82 Å². The molecule has 1 aromatic heterocycles. The van der Waals surface area contributed by atoms with Crippen molar-refractivity contribution >= 4 is 32.8 Å². The molecule has 0 aliphatic rings. The van der Waals surface area contributed by atoms with Crippen LogP contribution in [-0.4, -0.2) is 20.9 Å². The number of fused-ring (bicyclic) bond motifs is 1. The standard InChI is InChI=1S/C15H10BrFN2O2/c16-10-5-9(6-11(17)7-10)8-19-13-4-2-1-3-12(13)14(18-19)15(20)21/h1-7H,8H2,(H,20,21). The van der Waals surface area contributed by atoms with Gasteiger partial charge in [0.05, 0.1) is 12.1 Å². The van der Waals surface area contributed by atoms with Gasteiger partial charge in [0.2, 0.25) is 0 Å². The highest BCUT2D eigenvalue weighted by atomic mass is 79.9. The second-order valence-electron chi connectivity index (χ2n) is 4.61. The first-order valence-corrected chi connectivity index (χ1v) is 6.98. The molecule has 0 saturated heterocycles. The Labute approximate surface area is 127 Å². The van der Waals surface area contributed by atoms with E-state index in [1.807, 2.05) is 6.07 Å². The SMILES string of the molecule is O=C(O)c1nn(Cc2cc(F)cc(Br)c2)c2ccccc12. The van der Waals surface area contributed by atoms with E-state index in [1.54, 1.807) is 28.9 Å². The molecule has 3 rings (SSSR count). The number of benzene rings is 2. The minimum atomic E-state index is -1.08. The summed E-state index contributed by atoms with van der Waals surface area (Å²) in [6.07, 6.45) is 0. The van der Waals surface area contributed by atoms with Gasteiger partial charge in [-0.2, -0.15) is 5.10 Å². The van der Waals surface area contributed by atoms with E-state index in [2.05, 4.69) is 21.0 Å². The molecule has 0 saturated carbocycles. The van der Waals surface area contributed by atoms with E-state index in [0.29, 0.717) is 27.5 Å². The summed E-state index contributed by atoms with van der Waals surface area (Å²) in [6.45, 7) is 0.296. The van der Waals surface area contributed by atoms with E-state index in [1.165, 1.54) is 12.1 Å². The van der Waals surface area contributed by atoms with Gasteiger partial charge in [0, 0.05) is 9.86 Å². The lowest BCUT2D eigenvalue weighted by Crippen LogP contribution is -2.04. The van der Waals surface area contributed by atoms with Crippen molar-refractivity contribution < 1.29 is 14.3 Å². The summed E-state index contributed by atoms with van der Waals surface area (Å²) >= 11 is 3.24. The lowest BCUT2D eigenvalue weighted by Gasteiger charge is -2.05. The van der Waals surface area contributed by atoms with Crippen LogP contribution in [0.3, 0.4) is 0 Å². The molecule has 1 N–H and O–H groups in total. The third kappa shape index (κ3) is 2.67. The predicted molar refractivity (Wildman–Crippen MR) is 79.9 cm³/mol. The third-order valence-corrected chi connectivity index (χ3v) is 3.57. The van der Waals surface area contributed by atoms with Crippen molar-refractivity contribution in [2.75, 3.05) is 0 Å². The lowest BCUT2D eigenvalue weighted by molar-refractivity contribution is 0.0691. The zero-order valence-corrected chi connectivity index (χ0v) is 12.3. The van der Waals surface area contributed by atoms with Gasteiger partial charge in [-0.1, -0.05) is 34.1 Å². The molecule has 1 heterocycles. The van der Waals surface area contributed by atoms with Crippen LogP contribution >= 0.6 is 15.9 Å². The zero-order chi connectivity index (χ0) is 15.0. The summed E-state index contributed by atoms with van der Waals surface area (Å²) in [5.41, 5.74) is 1.41. The van der Waals surface area contributed by atoms with Crippen LogP contribution in [0.25, 0.3) is 10.9 Å². The second-order valence-corrected chi connectivity index (χ2v) is 5.52. The maximum atomic E-state index is 13.4. The normalized spacial score (nSPS) is 11.0. The number of para-hydroxylation sites is 1. The monoisotopic (exact) mass is 348 g/mol. The first-order chi connectivity index (χ1) is 10.0. The molecule has 3 aromatic rings. The number of hydrogen-bond donors (Lipinski definition) is 1. The molecule has 0 aliphatic heterocycles. The summed E-state index contributed by atoms with van der Waals surface area (Å²) < 4.78 is 15.6. The first kappa shape index (κ1) is 13.8. The van der Waals surface area contributed by atoms with Gasteiger partial charge < -0.3 is 5.11 Å². The number of aromatic carboxylic acids is 1. The molecule has 0 aliphatic carbocycles. The number of carboxylic acids is 1. The van der Waals surface area contributed by atoms with Crippen molar-refractivity contribution in [3.05, 3.63) is 64.0 Å². The summed E-state index contributed by atoms with van der Waals surface area (Å²) in [6, 6.07) is 11.6. The lowest BCUT2D eigenvalue weighted by atomic mass is 10.2. The fraction of sp³-hybridized carbons (Fsp3) is 0.0667. The fourth-order valence-corrected chi connectivity index (χ4v) is 2.79. The third-order valence-electron chi connectivity index (χ3n) is 3.12. The van der Waals surface area contributed by atoms with E-state index in [4.69, 9.17) is 0 Å². The molecule has 0 fully saturated rings. The van der Waals surface area contributed by atoms with Crippen molar-refractivity contribution in [3.63, 3.8) is 0 Å². The van der Waals surface area contributed by atoms with E-state index in [0.717, 1.165) is 0 Å². The summed E-state index contributed by atoms with van der Waals surface area (Å²) in [4.78, 5) is 11.2. The van der Waals surface area contributed by atoms with Crippen LogP contribution in [0.4, 0.5) is 4.39 Å². The Kier molecular flexibility index (Phi) is 3.47. The number of carbonyl (C=O) groups is 1. The molecule has 4 nitrogen and oxygen atoms in total. The maximum Gasteiger partial charge on any atom is 0.357 e. The predicted octanol–water partition coefficient (Wildman–Crippen LogP) is 3.68. The molecule has 21 heavy (non-hydrogen) atoms. The van der Waals surface area contributed by atoms with Crippen LogP contribution in [0.15, 0.2) is 46.9 Å². The highest BCUT2D eigenvalue weighted by Gasteiger charge is 2.16. The Morgan fingerprint density at radius 2 is 2.05 bits per heavy atom. The molecule has 0 unspecified atom stereocenters. The van der Waals surface area contributed by atoms with E-state index in [-0.39, 0.29) is 11.5 Å². The largest absolute Gasteiger partial charge is 0.476 e. The first-order valence-electron chi connectivity index (χ1n) is 6.18. The van der Waals surface area contributed by atoms with Crippen molar-refractivity contribution in [2.24, 2.45) is 0 Å². The van der Waals surface area contributed by atoms with E-state index in [9.17, 15) is 14.3 Å². The van der Waals surface area contributed by atoms with E-state index >= 15 is 0 Å². The molecular weight excluding hydrogens is 339 g/mol. The second kappa shape index (κ2) is 5.29. The number of hydrogen-bond acceptors (Lipinski definition) is 2. The number of carboxylic acid groups (broad SMARTS) is 1. The minimum absolute atomic E-state index is 0.000990. The number of rotatable bonds is 3. The van der Waals surface area contributed by atoms with Crippen molar-refractivity contribution in [3.8, 4) is 0 Å². The van der Waals surface area contributed by atoms with Crippen LogP contribution in [0.2, 0.25) is 0 Å². The molecule has 106 valence electrons. The number of aromatic nitrogens is 2. The van der Waals surface area contributed by atoms with Gasteiger partial charge in [-0.25, -0.2) is 9.18 Å². The molecule has 0 radical (unpaired) electrons. The van der Waals surface area contributed by atoms with Gasteiger partial charge in [-0.05, 0) is 29.8 Å². The van der Waals surface area contributed by atoms with Crippen LogP contribution in [0.1, 0.15) is 16.1 Å². The molecule has 0 atom stereocenters. The van der Waals surface area contributed by atoms with Gasteiger partial charge in [0.1, 0.15) is 5.82 Å². The summed E-state index contributed by atoms with van der Waals surface area (Å²) in [5.74, 6) is -1.43. The van der Waals surface area contributed by atoms with E-state index < -0.39 is 5.97 Å². The minimum Gasteiger partial charge on any atom is -0.476 e. The van der Waals surface area contributed by atoms with Crippen molar-refractivity contribution in [1.29, 1.82) is 0 Å². The summed E-state index contributed by atoms with van der Waals surface area (Å²) in [5, 5.41) is 13.9. The molecule has 0 spiro atoms. The quantitative estimate of drug-likeness (QED) is 0.785. The molecular formula is C15H10BrFN2O2. The maximum absolute atomic E-state index is 13.4. The summed E-state index contributed by atoms with van der Waals surface area (Å²) in [7, 11) is 0. The Bertz CT molecular complexity index is 825. The highest BCUT2D eigenvalue weighted by molar-refractivity contribution is 9.10. The molecule has 6 heteroatoms. The topological polar surface area (TPSA) is 55.1 Å². The van der Waals surface area contributed by atoms with Crippen molar-refractivity contribution in [1.82, 2.24) is 9.78 Å². The van der Waals surface area contributed by atoms with Crippen LogP contribution in [0.5, 0.6) is 0 Å². The molecule has 0 bridgehead atoms. The molecule has 0 amide bonds. The van der Waals surface area contributed by atoms with Crippen LogP contribution in [-0.2, 0) is 6.54 Å². The van der Waals surface area contributed by atoms with Gasteiger partial charge in [-0.3, -0.25) is 4.68 Å². The van der Waals surface area contributed by atoms with Gasteiger partial charge in [-0.15, -0.1) is 0 Å². The average molecular weight is 349 g/mol. The Morgan fingerprint density at radius 1 is 1.29 bits per heavy atom.